The van der Waals surface area contributed by atoms with Gasteiger partial charge < -0.3 is 14.9 Å². The van der Waals surface area contributed by atoms with Crippen LogP contribution in [0.1, 0.15) is 22.0 Å². The fourth-order valence-corrected chi connectivity index (χ4v) is 4.77. The third-order valence-electron chi connectivity index (χ3n) is 6.29. The summed E-state index contributed by atoms with van der Waals surface area (Å²) < 4.78 is 13.2. The fourth-order valence-electron chi connectivity index (χ4n) is 4.77. The minimum absolute atomic E-state index is 0.0430. The lowest BCUT2D eigenvalue weighted by Gasteiger charge is -2.58. The van der Waals surface area contributed by atoms with Crippen LogP contribution in [0.4, 0.5) is 4.39 Å². The summed E-state index contributed by atoms with van der Waals surface area (Å²) in [4.78, 5) is 36.8. The molecule has 1 N–H and O–H groups in total. The smallest absolute Gasteiger partial charge is 0.274 e. The third-order valence-corrected chi connectivity index (χ3v) is 6.29. The maximum Gasteiger partial charge on any atom is 0.274 e. The average molecular weight is 432 g/mol. The van der Waals surface area contributed by atoms with E-state index in [9.17, 15) is 19.1 Å². The summed E-state index contributed by atoms with van der Waals surface area (Å²) in [6.07, 6.45) is 4.33. The standard InChI is InChI=1S/C24H21FN4O3/c25-18-7-5-16(6-8-18)15-1-3-17(4-2-15)23-20-12-28(13-22(31)29(20)21(23)14-30)24(32)19-11-26-9-10-27-19/h1-11,20-21,23,30H,12-14H2/t20-,21+,23+/m0/s1. The molecule has 1 aromatic heterocycles. The van der Waals surface area contributed by atoms with Gasteiger partial charge in [0.1, 0.15) is 18.1 Å². The Morgan fingerprint density at radius 2 is 1.75 bits per heavy atom. The summed E-state index contributed by atoms with van der Waals surface area (Å²) in [6.45, 7) is 0.172. The number of carbonyl (C=O) groups is 2. The van der Waals surface area contributed by atoms with Gasteiger partial charge in [0.15, 0.2) is 0 Å². The van der Waals surface area contributed by atoms with E-state index < -0.39 is 0 Å². The number of hydrogen-bond acceptors (Lipinski definition) is 5. The lowest BCUT2D eigenvalue weighted by atomic mass is 9.73. The van der Waals surface area contributed by atoms with Gasteiger partial charge in [0.25, 0.3) is 5.91 Å². The molecule has 3 atom stereocenters. The molecule has 2 aliphatic rings. The molecule has 2 aliphatic heterocycles. The number of aliphatic hydroxyl groups is 1. The van der Waals surface area contributed by atoms with Crippen molar-refractivity contribution in [2.75, 3.05) is 19.7 Å². The number of hydrogen-bond donors (Lipinski definition) is 1. The molecule has 5 rings (SSSR count). The van der Waals surface area contributed by atoms with Crippen molar-refractivity contribution in [2.45, 2.75) is 18.0 Å². The van der Waals surface area contributed by atoms with Crippen molar-refractivity contribution in [3.05, 3.63) is 84.2 Å². The van der Waals surface area contributed by atoms with Gasteiger partial charge in [0.05, 0.1) is 24.9 Å². The maximum absolute atomic E-state index is 13.2. The van der Waals surface area contributed by atoms with Crippen LogP contribution in [-0.2, 0) is 4.79 Å². The topological polar surface area (TPSA) is 86.6 Å². The molecule has 0 bridgehead atoms. The Balaban J connectivity index is 1.38. The van der Waals surface area contributed by atoms with E-state index in [2.05, 4.69) is 9.97 Å². The van der Waals surface area contributed by atoms with E-state index in [1.54, 1.807) is 17.0 Å². The zero-order valence-electron chi connectivity index (χ0n) is 17.1. The van der Waals surface area contributed by atoms with Crippen molar-refractivity contribution < 1.29 is 19.1 Å². The molecule has 0 spiro atoms. The van der Waals surface area contributed by atoms with Gasteiger partial charge in [-0.05, 0) is 28.8 Å². The number of halogens is 1. The molecule has 3 aromatic rings. The monoisotopic (exact) mass is 432 g/mol. The van der Waals surface area contributed by atoms with E-state index in [0.29, 0.717) is 6.54 Å². The van der Waals surface area contributed by atoms with Crippen LogP contribution < -0.4 is 0 Å². The number of amides is 2. The quantitative estimate of drug-likeness (QED) is 0.682. The Bertz CT molecular complexity index is 1140. The van der Waals surface area contributed by atoms with Crippen molar-refractivity contribution in [3.63, 3.8) is 0 Å². The van der Waals surface area contributed by atoms with Crippen LogP contribution in [-0.4, -0.2) is 68.5 Å². The van der Waals surface area contributed by atoms with Crippen LogP contribution in [0.2, 0.25) is 0 Å². The lowest BCUT2D eigenvalue weighted by Crippen LogP contribution is -2.73. The molecule has 2 fully saturated rings. The minimum atomic E-state index is -0.330. The predicted molar refractivity (Wildman–Crippen MR) is 114 cm³/mol. The number of carbonyl (C=O) groups excluding carboxylic acids is 2. The average Bonchev–Trinajstić information content (AvgIpc) is 2.81. The van der Waals surface area contributed by atoms with Crippen LogP contribution in [0, 0.1) is 5.82 Å². The molecular weight excluding hydrogens is 411 g/mol. The normalized spacial score (nSPS) is 22.3. The molecule has 3 heterocycles. The molecule has 8 heteroatoms. The first-order valence-electron chi connectivity index (χ1n) is 10.4. The van der Waals surface area contributed by atoms with E-state index in [-0.39, 0.29) is 54.5 Å². The Morgan fingerprint density at radius 3 is 2.38 bits per heavy atom. The number of fused-ring (bicyclic) bond motifs is 1. The van der Waals surface area contributed by atoms with Gasteiger partial charge in [-0.3, -0.25) is 14.6 Å². The predicted octanol–water partition coefficient (Wildman–Crippen LogP) is 2.09. The first-order chi connectivity index (χ1) is 15.6. The van der Waals surface area contributed by atoms with E-state index >= 15 is 0 Å². The molecule has 0 radical (unpaired) electrons. The Kier molecular flexibility index (Phi) is 5.14. The van der Waals surface area contributed by atoms with E-state index in [4.69, 9.17) is 0 Å². The Morgan fingerprint density at radius 1 is 1.06 bits per heavy atom. The van der Waals surface area contributed by atoms with Gasteiger partial charge in [-0.15, -0.1) is 0 Å². The van der Waals surface area contributed by atoms with Crippen LogP contribution >= 0.6 is 0 Å². The second kappa shape index (κ2) is 8.12. The van der Waals surface area contributed by atoms with Crippen LogP contribution in [0.5, 0.6) is 0 Å². The summed E-state index contributed by atoms with van der Waals surface area (Å²) >= 11 is 0. The molecule has 0 saturated carbocycles. The van der Waals surface area contributed by atoms with Crippen LogP contribution in [0.3, 0.4) is 0 Å². The first kappa shape index (κ1) is 20.3. The van der Waals surface area contributed by atoms with Crippen molar-refractivity contribution in [3.8, 4) is 11.1 Å². The number of rotatable bonds is 4. The maximum atomic E-state index is 13.2. The Labute approximate surface area is 184 Å². The van der Waals surface area contributed by atoms with Gasteiger partial charge in [0, 0.05) is 24.9 Å². The summed E-state index contributed by atoms with van der Waals surface area (Å²) in [7, 11) is 0. The SMILES string of the molecule is O=C(c1cnccn1)N1CC(=O)N2[C@H](CO)[C@H](c3ccc(-c4ccc(F)cc4)cc3)[C@@H]2C1. The fraction of sp³-hybridized carbons (Fsp3) is 0.250. The highest BCUT2D eigenvalue weighted by atomic mass is 19.1. The summed E-state index contributed by atoms with van der Waals surface area (Å²) in [5, 5.41) is 9.96. The largest absolute Gasteiger partial charge is 0.394 e. The molecule has 7 nitrogen and oxygen atoms in total. The van der Waals surface area contributed by atoms with Crippen molar-refractivity contribution in [2.24, 2.45) is 0 Å². The molecule has 0 unspecified atom stereocenters. The Hall–Kier alpha value is -3.65. The second-order valence-corrected chi connectivity index (χ2v) is 8.05. The van der Waals surface area contributed by atoms with Gasteiger partial charge in [0.2, 0.25) is 5.91 Å². The summed E-state index contributed by atoms with van der Waals surface area (Å²) in [6, 6.07) is 13.6. The molecule has 2 aromatic carbocycles. The lowest BCUT2D eigenvalue weighted by molar-refractivity contribution is -0.159. The number of aromatic nitrogens is 2. The number of aliphatic hydroxyl groups excluding tert-OH is 1. The zero-order valence-corrected chi connectivity index (χ0v) is 17.1. The van der Waals surface area contributed by atoms with Gasteiger partial charge in [-0.25, -0.2) is 9.37 Å². The highest BCUT2D eigenvalue weighted by molar-refractivity contribution is 5.96. The zero-order chi connectivity index (χ0) is 22.2. The second-order valence-electron chi connectivity index (χ2n) is 8.05. The van der Waals surface area contributed by atoms with Gasteiger partial charge >= 0.3 is 0 Å². The minimum Gasteiger partial charge on any atom is -0.394 e. The molecule has 32 heavy (non-hydrogen) atoms. The molecular formula is C24H21FN4O3. The number of nitrogens with zero attached hydrogens (tertiary/aromatic N) is 4. The molecule has 2 saturated heterocycles. The van der Waals surface area contributed by atoms with E-state index in [1.165, 1.54) is 35.6 Å². The number of piperazine rings is 1. The van der Waals surface area contributed by atoms with Crippen molar-refractivity contribution >= 4 is 11.8 Å². The number of benzene rings is 2. The first-order valence-corrected chi connectivity index (χ1v) is 10.4. The molecule has 162 valence electrons. The third kappa shape index (κ3) is 3.42. The molecule has 0 aliphatic carbocycles. The van der Waals surface area contributed by atoms with Gasteiger partial charge in [-0.1, -0.05) is 36.4 Å². The van der Waals surface area contributed by atoms with E-state index in [1.807, 2.05) is 24.3 Å². The van der Waals surface area contributed by atoms with E-state index in [0.717, 1.165) is 16.7 Å². The highest BCUT2D eigenvalue weighted by Gasteiger charge is 2.54. The van der Waals surface area contributed by atoms with Crippen LogP contribution in [0.25, 0.3) is 11.1 Å². The van der Waals surface area contributed by atoms with Crippen molar-refractivity contribution in [1.82, 2.24) is 19.8 Å². The highest BCUT2D eigenvalue weighted by Crippen LogP contribution is 2.43. The molecule has 2 amide bonds. The van der Waals surface area contributed by atoms with Gasteiger partial charge in [-0.2, -0.15) is 0 Å². The van der Waals surface area contributed by atoms with Crippen molar-refractivity contribution in [1.29, 1.82) is 0 Å². The van der Waals surface area contributed by atoms with Crippen LogP contribution in [0.15, 0.2) is 67.1 Å². The summed E-state index contributed by atoms with van der Waals surface area (Å²) in [5.74, 6) is -0.891. The summed E-state index contributed by atoms with van der Waals surface area (Å²) in [5.41, 5.74) is 3.04.